The molecule has 0 atom stereocenters. The molecule has 0 unspecified atom stereocenters. The van der Waals surface area contributed by atoms with Gasteiger partial charge in [0.25, 0.3) is 0 Å². The molecule has 0 fully saturated rings. The van der Waals surface area contributed by atoms with Crippen LogP contribution in [-0.4, -0.2) is 15.5 Å². The third-order valence-electron chi connectivity index (χ3n) is 2.44. The Labute approximate surface area is 102 Å². The van der Waals surface area contributed by atoms with E-state index in [1.807, 2.05) is 0 Å². The fraction of sp³-hybridized carbons (Fsp3) is 0.0909. The topological polar surface area (TPSA) is 93.7 Å². The third kappa shape index (κ3) is 2.15. The van der Waals surface area contributed by atoms with Crippen molar-refractivity contribution in [3.8, 4) is 0 Å². The molecule has 0 spiro atoms. The van der Waals surface area contributed by atoms with Gasteiger partial charge in [-0.25, -0.2) is 4.68 Å². The monoisotopic (exact) mass is 251 g/mol. The molecular weight excluding hydrogens is 240 g/mol. The van der Waals surface area contributed by atoms with E-state index in [-0.39, 0.29) is 11.3 Å². The van der Waals surface area contributed by atoms with Crippen molar-refractivity contribution >= 4 is 17.1 Å². The summed E-state index contributed by atoms with van der Waals surface area (Å²) >= 11 is 0. The van der Waals surface area contributed by atoms with Crippen LogP contribution in [0.15, 0.2) is 30.6 Å². The molecule has 7 heteroatoms. The van der Waals surface area contributed by atoms with E-state index in [2.05, 4.69) is 5.10 Å². The first kappa shape index (κ1) is 12.0. The number of halogens is 2. The highest BCUT2D eigenvalue weighted by atomic mass is 19.3. The molecule has 94 valence electrons. The minimum atomic E-state index is -2.73. The van der Waals surface area contributed by atoms with Crippen LogP contribution in [0, 0.1) is 5.41 Å². The van der Waals surface area contributed by atoms with E-state index >= 15 is 0 Å². The largest absolute Gasteiger partial charge is 0.399 e. The lowest BCUT2D eigenvalue weighted by Gasteiger charge is -2.06. The Morgan fingerprint density at radius 2 is 2.06 bits per heavy atom. The third-order valence-corrected chi connectivity index (χ3v) is 2.44. The highest BCUT2D eigenvalue weighted by Gasteiger charge is 2.13. The second-order valence-electron chi connectivity index (χ2n) is 3.71. The van der Waals surface area contributed by atoms with Gasteiger partial charge in [0.15, 0.2) is 0 Å². The van der Waals surface area contributed by atoms with Crippen LogP contribution in [0.1, 0.15) is 17.7 Å². The molecule has 0 bridgehead atoms. The Morgan fingerprint density at radius 3 is 2.67 bits per heavy atom. The summed E-state index contributed by atoms with van der Waals surface area (Å²) < 4.78 is 25.2. The number of nitrogen functional groups attached to an aromatic ring is 2. The highest BCUT2D eigenvalue weighted by molar-refractivity contribution is 6.14. The van der Waals surface area contributed by atoms with Gasteiger partial charge in [0.2, 0.25) is 0 Å². The van der Waals surface area contributed by atoms with E-state index in [4.69, 9.17) is 16.9 Å². The molecule has 0 saturated heterocycles. The van der Waals surface area contributed by atoms with Gasteiger partial charge >= 0.3 is 6.55 Å². The van der Waals surface area contributed by atoms with Crippen molar-refractivity contribution in [1.82, 2.24) is 9.78 Å². The van der Waals surface area contributed by atoms with Crippen LogP contribution in [-0.2, 0) is 0 Å². The van der Waals surface area contributed by atoms with Crippen molar-refractivity contribution in [3.63, 3.8) is 0 Å². The van der Waals surface area contributed by atoms with Crippen LogP contribution in [0.25, 0.3) is 0 Å². The van der Waals surface area contributed by atoms with Crippen molar-refractivity contribution in [3.05, 3.63) is 41.7 Å². The minimum Gasteiger partial charge on any atom is -0.399 e. The fourth-order valence-corrected chi connectivity index (χ4v) is 1.52. The average Bonchev–Trinajstić information content (AvgIpc) is 2.81. The summed E-state index contributed by atoms with van der Waals surface area (Å²) in [6, 6.07) is 4.70. The molecule has 2 aromatic rings. The molecule has 2 rings (SSSR count). The summed E-state index contributed by atoms with van der Waals surface area (Å²) in [6.45, 7) is -2.73. The quantitative estimate of drug-likeness (QED) is 0.574. The first-order valence-corrected chi connectivity index (χ1v) is 5.05. The number of nitrogens with zero attached hydrogens (tertiary/aromatic N) is 2. The van der Waals surface area contributed by atoms with Gasteiger partial charge in [-0.2, -0.15) is 13.9 Å². The van der Waals surface area contributed by atoms with Gasteiger partial charge in [-0.1, -0.05) is 0 Å². The number of nitrogens with one attached hydrogen (secondary N) is 1. The molecule has 1 heterocycles. The van der Waals surface area contributed by atoms with Gasteiger partial charge in [-0.15, -0.1) is 0 Å². The van der Waals surface area contributed by atoms with Gasteiger partial charge < -0.3 is 11.5 Å². The number of anilines is 2. The lowest BCUT2D eigenvalue weighted by molar-refractivity contribution is 0.0566. The smallest absolute Gasteiger partial charge is 0.333 e. The Balaban J connectivity index is 2.38. The maximum Gasteiger partial charge on any atom is 0.333 e. The van der Waals surface area contributed by atoms with Crippen LogP contribution in [0.3, 0.4) is 0 Å². The zero-order chi connectivity index (χ0) is 13.3. The van der Waals surface area contributed by atoms with Crippen LogP contribution in [0.5, 0.6) is 0 Å². The van der Waals surface area contributed by atoms with E-state index in [9.17, 15) is 8.78 Å². The molecule has 0 saturated carbocycles. The molecule has 0 amide bonds. The number of aromatic nitrogens is 2. The molecular formula is C11H11F2N5. The van der Waals surface area contributed by atoms with E-state index in [1.54, 1.807) is 12.1 Å². The predicted molar refractivity (Wildman–Crippen MR) is 64.7 cm³/mol. The second kappa shape index (κ2) is 4.44. The lowest BCUT2D eigenvalue weighted by Crippen LogP contribution is -2.06. The molecule has 5 N–H and O–H groups in total. The van der Waals surface area contributed by atoms with Crippen molar-refractivity contribution in [1.29, 1.82) is 5.41 Å². The van der Waals surface area contributed by atoms with Crippen LogP contribution in [0.4, 0.5) is 20.2 Å². The Kier molecular flexibility index (Phi) is 2.97. The second-order valence-corrected chi connectivity index (χ2v) is 3.71. The summed E-state index contributed by atoms with van der Waals surface area (Å²) in [5, 5.41) is 11.4. The number of alkyl halides is 2. The van der Waals surface area contributed by atoms with Gasteiger partial charge in [0.1, 0.15) is 0 Å². The summed E-state index contributed by atoms with van der Waals surface area (Å²) in [7, 11) is 0. The van der Waals surface area contributed by atoms with E-state index in [0.29, 0.717) is 21.6 Å². The zero-order valence-electron chi connectivity index (χ0n) is 9.27. The molecule has 1 aromatic heterocycles. The first-order valence-electron chi connectivity index (χ1n) is 5.05. The van der Waals surface area contributed by atoms with Crippen LogP contribution in [0.2, 0.25) is 0 Å². The van der Waals surface area contributed by atoms with Gasteiger partial charge in [-0.05, 0) is 18.2 Å². The number of nitrogens with two attached hydrogens (primary N) is 2. The fourth-order valence-electron chi connectivity index (χ4n) is 1.52. The Bertz CT molecular complexity index is 591. The minimum absolute atomic E-state index is 0.00620. The molecule has 0 radical (unpaired) electrons. The number of hydrogen-bond donors (Lipinski definition) is 3. The standard InChI is InChI=1S/C11H11F2N5/c12-11(13)18-5-6(4-17-18)10(16)8-3-7(14)1-2-9(8)15/h1-5,11,16H,14-15H2. The maximum atomic E-state index is 12.4. The summed E-state index contributed by atoms with van der Waals surface area (Å²) in [6.07, 6.45) is 2.28. The van der Waals surface area contributed by atoms with Gasteiger partial charge in [0.05, 0.1) is 11.9 Å². The van der Waals surface area contributed by atoms with Crippen molar-refractivity contribution in [2.75, 3.05) is 11.5 Å². The lowest BCUT2D eigenvalue weighted by atomic mass is 10.0. The van der Waals surface area contributed by atoms with E-state index in [0.717, 1.165) is 6.20 Å². The molecule has 0 aliphatic rings. The highest BCUT2D eigenvalue weighted by Crippen LogP contribution is 2.20. The van der Waals surface area contributed by atoms with Crippen LogP contribution < -0.4 is 11.5 Å². The maximum absolute atomic E-state index is 12.4. The van der Waals surface area contributed by atoms with Crippen molar-refractivity contribution in [2.24, 2.45) is 0 Å². The van der Waals surface area contributed by atoms with E-state index < -0.39 is 6.55 Å². The number of benzene rings is 1. The first-order chi connectivity index (χ1) is 8.49. The van der Waals surface area contributed by atoms with Crippen molar-refractivity contribution < 1.29 is 8.78 Å². The molecule has 0 aliphatic heterocycles. The zero-order valence-corrected chi connectivity index (χ0v) is 9.27. The summed E-state index contributed by atoms with van der Waals surface area (Å²) in [5.74, 6) is 0. The number of rotatable bonds is 3. The normalized spacial score (nSPS) is 10.8. The molecule has 18 heavy (non-hydrogen) atoms. The molecule has 0 aliphatic carbocycles. The average molecular weight is 251 g/mol. The Morgan fingerprint density at radius 1 is 1.33 bits per heavy atom. The predicted octanol–water partition coefficient (Wildman–Crippen LogP) is 1.86. The number of hydrogen-bond acceptors (Lipinski definition) is 4. The Hall–Kier alpha value is -2.44. The van der Waals surface area contributed by atoms with E-state index in [1.165, 1.54) is 12.3 Å². The molecule has 5 nitrogen and oxygen atoms in total. The summed E-state index contributed by atoms with van der Waals surface area (Å²) in [4.78, 5) is 0. The SMILES string of the molecule is N=C(c1cnn(C(F)F)c1)c1cc(N)ccc1N. The molecule has 1 aromatic carbocycles. The van der Waals surface area contributed by atoms with Crippen molar-refractivity contribution in [2.45, 2.75) is 6.55 Å². The van der Waals surface area contributed by atoms with Crippen LogP contribution >= 0.6 is 0 Å². The van der Waals surface area contributed by atoms with Gasteiger partial charge in [0, 0.05) is 28.7 Å². The van der Waals surface area contributed by atoms with Gasteiger partial charge in [-0.3, -0.25) is 5.41 Å². The summed E-state index contributed by atoms with van der Waals surface area (Å²) in [5.41, 5.74) is 12.8.